The maximum absolute atomic E-state index is 2.75. The van der Waals surface area contributed by atoms with E-state index in [4.69, 9.17) is 0 Å². The molecule has 0 radical (unpaired) electrons. The van der Waals surface area contributed by atoms with Gasteiger partial charge >= 0.3 is 0 Å². The zero-order chi connectivity index (χ0) is 7.84. The highest BCUT2D eigenvalue weighted by atomic mass is 15.2. The number of hydrogen-bond acceptors (Lipinski definition) is 1. The highest BCUT2D eigenvalue weighted by Gasteiger charge is 2.37. The smallest absolute Gasteiger partial charge is 0.0122 e. The molecule has 2 rings (SSSR count). The molecule has 2 fully saturated rings. The van der Waals surface area contributed by atoms with E-state index in [9.17, 15) is 0 Å². The van der Waals surface area contributed by atoms with Crippen molar-refractivity contribution >= 4 is 0 Å². The molecule has 0 N–H and O–H groups in total. The minimum absolute atomic E-state index is 0.873. The van der Waals surface area contributed by atoms with E-state index in [0.29, 0.717) is 0 Å². The van der Waals surface area contributed by atoms with E-state index in [0.717, 1.165) is 18.0 Å². The summed E-state index contributed by atoms with van der Waals surface area (Å²) in [6.45, 7) is 6.12. The molecule has 0 amide bonds. The van der Waals surface area contributed by atoms with Gasteiger partial charge in [0.25, 0.3) is 0 Å². The molecule has 2 heterocycles. The van der Waals surface area contributed by atoms with Crippen molar-refractivity contribution in [3.63, 3.8) is 0 Å². The molecule has 2 saturated heterocycles. The van der Waals surface area contributed by atoms with E-state index in [1.54, 1.807) is 0 Å². The SMILES string of the molecule is CC(C)[C@H]1CC[C@@H]2CCCN21. The first kappa shape index (κ1) is 7.60. The fourth-order valence-corrected chi connectivity index (χ4v) is 2.85. The fraction of sp³-hybridized carbons (Fsp3) is 1.00. The summed E-state index contributed by atoms with van der Waals surface area (Å²) in [5.74, 6) is 0.873. The Bertz CT molecular complexity index is 142. The molecule has 0 bridgehead atoms. The van der Waals surface area contributed by atoms with Gasteiger partial charge in [-0.1, -0.05) is 13.8 Å². The summed E-state index contributed by atoms with van der Waals surface area (Å²) in [4.78, 5) is 2.75. The molecule has 0 aromatic heterocycles. The van der Waals surface area contributed by atoms with Gasteiger partial charge in [0.05, 0.1) is 0 Å². The van der Waals surface area contributed by atoms with Gasteiger partial charge in [-0.05, 0) is 38.1 Å². The minimum Gasteiger partial charge on any atom is -0.297 e. The summed E-state index contributed by atoms with van der Waals surface area (Å²) < 4.78 is 0. The van der Waals surface area contributed by atoms with Crippen LogP contribution in [0.5, 0.6) is 0 Å². The molecule has 0 spiro atoms. The summed E-state index contributed by atoms with van der Waals surface area (Å²) in [6, 6.07) is 1.89. The van der Waals surface area contributed by atoms with Crippen molar-refractivity contribution in [1.29, 1.82) is 0 Å². The second kappa shape index (κ2) is 2.78. The molecule has 64 valence electrons. The van der Waals surface area contributed by atoms with Gasteiger partial charge in [0.2, 0.25) is 0 Å². The lowest BCUT2D eigenvalue weighted by atomic mass is 10.0. The summed E-state index contributed by atoms with van der Waals surface area (Å²) in [5, 5.41) is 0. The molecule has 0 unspecified atom stereocenters. The molecule has 0 aliphatic carbocycles. The van der Waals surface area contributed by atoms with E-state index < -0.39 is 0 Å². The van der Waals surface area contributed by atoms with Crippen molar-refractivity contribution in [1.82, 2.24) is 4.90 Å². The van der Waals surface area contributed by atoms with Crippen LogP contribution in [0.4, 0.5) is 0 Å². The van der Waals surface area contributed by atoms with Gasteiger partial charge in [0.1, 0.15) is 0 Å². The lowest BCUT2D eigenvalue weighted by Gasteiger charge is -2.26. The Morgan fingerprint density at radius 3 is 2.73 bits per heavy atom. The number of fused-ring (bicyclic) bond motifs is 1. The number of nitrogens with zero attached hydrogens (tertiary/aromatic N) is 1. The van der Waals surface area contributed by atoms with E-state index >= 15 is 0 Å². The summed E-state index contributed by atoms with van der Waals surface area (Å²) in [5.41, 5.74) is 0. The van der Waals surface area contributed by atoms with Crippen LogP contribution in [0.25, 0.3) is 0 Å². The first-order chi connectivity index (χ1) is 5.29. The predicted octanol–water partition coefficient (Wildman–Crippen LogP) is 2.27. The van der Waals surface area contributed by atoms with Crippen LogP contribution < -0.4 is 0 Å². The molecule has 1 nitrogen and oxygen atoms in total. The van der Waals surface area contributed by atoms with Gasteiger partial charge in [-0.25, -0.2) is 0 Å². The Balaban J connectivity index is 2.03. The van der Waals surface area contributed by atoms with Gasteiger partial charge in [-0.2, -0.15) is 0 Å². The molecule has 1 heteroatoms. The van der Waals surface area contributed by atoms with Gasteiger partial charge in [0.15, 0.2) is 0 Å². The molecule has 2 aliphatic heterocycles. The Morgan fingerprint density at radius 1 is 1.18 bits per heavy atom. The summed E-state index contributed by atoms with van der Waals surface area (Å²) in [7, 11) is 0. The van der Waals surface area contributed by atoms with Crippen LogP contribution in [0.3, 0.4) is 0 Å². The Kier molecular flexibility index (Phi) is 1.92. The average Bonchev–Trinajstić information content (AvgIpc) is 2.41. The Morgan fingerprint density at radius 2 is 2.00 bits per heavy atom. The lowest BCUT2D eigenvalue weighted by molar-refractivity contribution is 0.201. The maximum Gasteiger partial charge on any atom is 0.0122 e. The van der Waals surface area contributed by atoms with Crippen molar-refractivity contribution in [3.8, 4) is 0 Å². The fourth-order valence-electron chi connectivity index (χ4n) is 2.85. The third-order valence-corrected chi connectivity index (χ3v) is 3.41. The second-order valence-corrected chi connectivity index (χ2v) is 4.42. The van der Waals surface area contributed by atoms with Crippen LogP contribution in [0.2, 0.25) is 0 Å². The molecular formula is C10H19N. The molecule has 0 saturated carbocycles. The number of rotatable bonds is 1. The van der Waals surface area contributed by atoms with Gasteiger partial charge < -0.3 is 0 Å². The standard InChI is InChI=1S/C10H19N/c1-8(2)10-6-5-9-4-3-7-11(9)10/h8-10H,3-7H2,1-2H3/t9-,10+/m0/s1. The predicted molar refractivity (Wildman–Crippen MR) is 47.6 cm³/mol. The van der Waals surface area contributed by atoms with E-state index in [1.165, 1.54) is 32.2 Å². The van der Waals surface area contributed by atoms with E-state index in [1.807, 2.05) is 0 Å². The lowest BCUT2D eigenvalue weighted by Crippen LogP contribution is -2.34. The summed E-state index contributed by atoms with van der Waals surface area (Å²) in [6.07, 6.45) is 5.86. The van der Waals surface area contributed by atoms with Crippen molar-refractivity contribution in [2.75, 3.05) is 6.54 Å². The van der Waals surface area contributed by atoms with Crippen LogP contribution in [0.15, 0.2) is 0 Å². The molecule has 2 aliphatic rings. The van der Waals surface area contributed by atoms with Crippen LogP contribution >= 0.6 is 0 Å². The van der Waals surface area contributed by atoms with Crippen molar-refractivity contribution < 1.29 is 0 Å². The number of hydrogen-bond donors (Lipinski definition) is 0. The monoisotopic (exact) mass is 153 g/mol. The van der Waals surface area contributed by atoms with Crippen molar-refractivity contribution in [3.05, 3.63) is 0 Å². The van der Waals surface area contributed by atoms with Crippen molar-refractivity contribution in [2.24, 2.45) is 5.92 Å². The van der Waals surface area contributed by atoms with E-state index in [-0.39, 0.29) is 0 Å². The molecule has 0 aromatic rings. The normalized spacial score (nSPS) is 38.5. The van der Waals surface area contributed by atoms with Crippen LogP contribution in [0.1, 0.15) is 39.5 Å². The first-order valence-electron chi connectivity index (χ1n) is 5.05. The highest BCUT2D eigenvalue weighted by molar-refractivity contribution is 4.92. The van der Waals surface area contributed by atoms with Gasteiger partial charge in [-0.15, -0.1) is 0 Å². The molecule has 2 atom stereocenters. The van der Waals surface area contributed by atoms with Crippen LogP contribution in [-0.4, -0.2) is 23.5 Å². The highest BCUT2D eigenvalue weighted by Crippen LogP contribution is 2.35. The Labute approximate surface area is 69.8 Å². The van der Waals surface area contributed by atoms with Gasteiger partial charge in [-0.3, -0.25) is 4.90 Å². The summed E-state index contributed by atoms with van der Waals surface area (Å²) >= 11 is 0. The quantitative estimate of drug-likeness (QED) is 0.558. The topological polar surface area (TPSA) is 3.24 Å². The molecular weight excluding hydrogens is 134 g/mol. The minimum atomic E-state index is 0.873. The Hall–Kier alpha value is -0.0400. The maximum atomic E-state index is 2.75. The van der Waals surface area contributed by atoms with Crippen LogP contribution in [0, 0.1) is 5.92 Å². The molecule has 0 aromatic carbocycles. The van der Waals surface area contributed by atoms with E-state index in [2.05, 4.69) is 18.7 Å². The largest absolute Gasteiger partial charge is 0.297 e. The second-order valence-electron chi connectivity index (χ2n) is 4.42. The zero-order valence-electron chi connectivity index (χ0n) is 7.71. The third kappa shape index (κ3) is 1.20. The third-order valence-electron chi connectivity index (χ3n) is 3.41. The first-order valence-corrected chi connectivity index (χ1v) is 5.05. The van der Waals surface area contributed by atoms with Crippen molar-refractivity contribution in [2.45, 2.75) is 51.6 Å². The average molecular weight is 153 g/mol. The van der Waals surface area contributed by atoms with Crippen LogP contribution in [-0.2, 0) is 0 Å². The zero-order valence-corrected chi connectivity index (χ0v) is 7.71. The molecule has 11 heavy (non-hydrogen) atoms. The van der Waals surface area contributed by atoms with Gasteiger partial charge in [0, 0.05) is 12.1 Å².